The first-order valence-corrected chi connectivity index (χ1v) is 5.99. The molecule has 0 aliphatic heterocycles. The number of hydrogen-bond donors (Lipinski definition) is 1. The third-order valence-electron chi connectivity index (χ3n) is 2.26. The standard InChI is InChI=1S/C11H21N3S/c1-5-6-7-14-9(8-11(2,3)4)12-13-10(14)15/h5-8H2,1-4H3,(H,13,15). The lowest BCUT2D eigenvalue weighted by Crippen LogP contribution is -2.14. The van der Waals surface area contributed by atoms with Crippen molar-refractivity contribution in [2.24, 2.45) is 5.41 Å². The van der Waals surface area contributed by atoms with Crippen LogP contribution in [0.5, 0.6) is 0 Å². The van der Waals surface area contributed by atoms with E-state index in [4.69, 9.17) is 12.2 Å². The van der Waals surface area contributed by atoms with E-state index in [1.165, 1.54) is 6.42 Å². The van der Waals surface area contributed by atoms with Crippen LogP contribution in [0.2, 0.25) is 0 Å². The number of aromatic nitrogens is 3. The first kappa shape index (κ1) is 12.4. The smallest absolute Gasteiger partial charge is 0.195 e. The van der Waals surface area contributed by atoms with Gasteiger partial charge in [-0.25, -0.2) is 0 Å². The van der Waals surface area contributed by atoms with E-state index in [-0.39, 0.29) is 5.41 Å². The summed E-state index contributed by atoms with van der Waals surface area (Å²) in [6, 6.07) is 0. The average molecular weight is 227 g/mol. The number of nitrogens with zero attached hydrogens (tertiary/aromatic N) is 2. The monoisotopic (exact) mass is 227 g/mol. The van der Waals surface area contributed by atoms with E-state index in [1.807, 2.05) is 0 Å². The Morgan fingerprint density at radius 3 is 2.60 bits per heavy atom. The molecule has 0 amide bonds. The zero-order valence-electron chi connectivity index (χ0n) is 10.1. The van der Waals surface area contributed by atoms with E-state index in [1.54, 1.807) is 0 Å². The molecule has 1 heterocycles. The maximum Gasteiger partial charge on any atom is 0.195 e. The lowest BCUT2D eigenvalue weighted by atomic mass is 9.92. The highest BCUT2D eigenvalue weighted by molar-refractivity contribution is 7.71. The maximum atomic E-state index is 5.22. The van der Waals surface area contributed by atoms with Gasteiger partial charge in [0.1, 0.15) is 5.82 Å². The molecule has 0 saturated carbocycles. The van der Waals surface area contributed by atoms with Gasteiger partial charge < -0.3 is 4.57 Å². The van der Waals surface area contributed by atoms with Gasteiger partial charge >= 0.3 is 0 Å². The molecule has 0 radical (unpaired) electrons. The molecule has 1 rings (SSSR count). The molecule has 3 nitrogen and oxygen atoms in total. The summed E-state index contributed by atoms with van der Waals surface area (Å²) in [5.74, 6) is 1.08. The fraction of sp³-hybridized carbons (Fsp3) is 0.818. The minimum atomic E-state index is 0.255. The van der Waals surface area contributed by atoms with E-state index >= 15 is 0 Å². The predicted octanol–water partition coefficient (Wildman–Crippen LogP) is 3.33. The zero-order valence-corrected chi connectivity index (χ0v) is 10.9. The Morgan fingerprint density at radius 2 is 2.07 bits per heavy atom. The largest absolute Gasteiger partial charge is 0.304 e. The van der Waals surface area contributed by atoms with Gasteiger partial charge in [0.15, 0.2) is 4.77 Å². The van der Waals surface area contributed by atoms with Gasteiger partial charge in [-0.15, -0.1) is 0 Å². The Morgan fingerprint density at radius 1 is 1.40 bits per heavy atom. The lowest BCUT2D eigenvalue weighted by molar-refractivity contribution is 0.389. The molecule has 0 aliphatic rings. The number of unbranched alkanes of at least 4 members (excludes halogenated alkanes) is 1. The average Bonchev–Trinajstić information content (AvgIpc) is 2.42. The summed E-state index contributed by atoms with van der Waals surface area (Å²) in [6.07, 6.45) is 3.30. The first-order chi connectivity index (χ1) is 6.94. The second-order valence-corrected chi connectivity index (χ2v) is 5.57. The minimum Gasteiger partial charge on any atom is -0.304 e. The SMILES string of the molecule is CCCCn1c(CC(C)(C)C)n[nH]c1=S. The van der Waals surface area contributed by atoms with Gasteiger partial charge in [-0.2, -0.15) is 5.10 Å². The van der Waals surface area contributed by atoms with E-state index in [0.717, 1.165) is 30.0 Å². The number of hydrogen-bond acceptors (Lipinski definition) is 2. The first-order valence-electron chi connectivity index (χ1n) is 5.58. The Bertz CT molecular complexity index is 357. The quantitative estimate of drug-likeness (QED) is 0.800. The molecule has 0 spiro atoms. The molecule has 4 heteroatoms. The Labute approximate surface area is 96.9 Å². The van der Waals surface area contributed by atoms with Gasteiger partial charge in [0.05, 0.1) is 0 Å². The van der Waals surface area contributed by atoms with Gasteiger partial charge in [-0.3, -0.25) is 5.10 Å². The van der Waals surface area contributed by atoms with Gasteiger partial charge in [0.2, 0.25) is 0 Å². The van der Waals surface area contributed by atoms with E-state index in [2.05, 4.69) is 42.5 Å². The third-order valence-corrected chi connectivity index (χ3v) is 2.57. The van der Waals surface area contributed by atoms with Crippen LogP contribution in [0.3, 0.4) is 0 Å². The molecule has 1 aromatic heterocycles. The molecule has 1 aromatic rings. The van der Waals surface area contributed by atoms with Crippen molar-refractivity contribution in [1.82, 2.24) is 14.8 Å². The summed E-state index contributed by atoms with van der Waals surface area (Å²) in [5.41, 5.74) is 0.255. The molecule has 0 saturated heterocycles. The third kappa shape index (κ3) is 3.78. The van der Waals surface area contributed by atoms with Crippen molar-refractivity contribution < 1.29 is 0 Å². The summed E-state index contributed by atoms with van der Waals surface area (Å²) >= 11 is 5.22. The molecule has 1 N–H and O–H groups in total. The van der Waals surface area contributed by atoms with Crippen molar-refractivity contribution in [3.05, 3.63) is 10.6 Å². The highest BCUT2D eigenvalue weighted by atomic mass is 32.1. The van der Waals surface area contributed by atoms with E-state index < -0.39 is 0 Å². The lowest BCUT2D eigenvalue weighted by Gasteiger charge is -2.17. The second-order valence-electron chi connectivity index (χ2n) is 5.19. The van der Waals surface area contributed by atoms with Crippen LogP contribution in [0.25, 0.3) is 0 Å². The summed E-state index contributed by atoms with van der Waals surface area (Å²) < 4.78 is 2.88. The number of nitrogens with one attached hydrogen (secondary N) is 1. The molecule has 0 atom stereocenters. The highest BCUT2D eigenvalue weighted by Crippen LogP contribution is 2.19. The Hall–Kier alpha value is -0.640. The van der Waals surface area contributed by atoms with Crippen LogP contribution in [0.4, 0.5) is 0 Å². The topological polar surface area (TPSA) is 33.6 Å². The summed E-state index contributed by atoms with van der Waals surface area (Å²) in [5, 5.41) is 7.18. The van der Waals surface area contributed by atoms with Crippen LogP contribution < -0.4 is 0 Å². The van der Waals surface area contributed by atoms with E-state index in [0.29, 0.717) is 0 Å². The van der Waals surface area contributed by atoms with Crippen molar-refractivity contribution in [2.45, 2.75) is 53.5 Å². The van der Waals surface area contributed by atoms with Crippen molar-refractivity contribution >= 4 is 12.2 Å². The Kier molecular flexibility index (Phi) is 4.08. The van der Waals surface area contributed by atoms with Crippen molar-refractivity contribution in [2.75, 3.05) is 0 Å². The number of H-pyrrole nitrogens is 1. The van der Waals surface area contributed by atoms with Crippen LogP contribution in [0.1, 0.15) is 46.4 Å². The molecule has 15 heavy (non-hydrogen) atoms. The summed E-state index contributed by atoms with van der Waals surface area (Å²) in [4.78, 5) is 0. The second kappa shape index (κ2) is 4.92. The van der Waals surface area contributed by atoms with Crippen LogP contribution in [-0.2, 0) is 13.0 Å². The minimum absolute atomic E-state index is 0.255. The maximum absolute atomic E-state index is 5.22. The van der Waals surface area contributed by atoms with Gasteiger partial charge in [-0.1, -0.05) is 34.1 Å². The van der Waals surface area contributed by atoms with Gasteiger partial charge in [-0.05, 0) is 24.1 Å². The fourth-order valence-corrected chi connectivity index (χ4v) is 1.75. The number of aromatic amines is 1. The van der Waals surface area contributed by atoms with Gasteiger partial charge in [0, 0.05) is 13.0 Å². The fourth-order valence-electron chi connectivity index (χ4n) is 1.51. The highest BCUT2D eigenvalue weighted by Gasteiger charge is 2.16. The van der Waals surface area contributed by atoms with Crippen LogP contribution >= 0.6 is 12.2 Å². The van der Waals surface area contributed by atoms with Crippen LogP contribution in [-0.4, -0.2) is 14.8 Å². The molecule has 0 bridgehead atoms. The van der Waals surface area contributed by atoms with Crippen LogP contribution in [0.15, 0.2) is 0 Å². The predicted molar refractivity (Wildman–Crippen MR) is 65.5 cm³/mol. The molecule has 0 unspecified atom stereocenters. The van der Waals surface area contributed by atoms with Crippen molar-refractivity contribution in [3.8, 4) is 0 Å². The molecule has 0 aromatic carbocycles. The van der Waals surface area contributed by atoms with Gasteiger partial charge in [0.25, 0.3) is 0 Å². The van der Waals surface area contributed by atoms with Crippen LogP contribution in [0, 0.1) is 10.2 Å². The molecule has 0 aliphatic carbocycles. The van der Waals surface area contributed by atoms with Crippen molar-refractivity contribution in [3.63, 3.8) is 0 Å². The zero-order chi connectivity index (χ0) is 11.5. The number of rotatable bonds is 4. The Balaban J connectivity index is 2.84. The normalized spacial score (nSPS) is 12.0. The molecular formula is C11H21N3S. The molecule has 0 fully saturated rings. The molecular weight excluding hydrogens is 206 g/mol. The van der Waals surface area contributed by atoms with E-state index in [9.17, 15) is 0 Å². The molecule has 86 valence electrons. The van der Waals surface area contributed by atoms with Crippen molar-refractivity contribution in [1.29, 1.82) is 0 Å². The summed E-state index contributed by atoms with van der Waals surface area (Å²) in [7, 11) is 0. The summed E-state index contributed by atoms with van der Waals surface area (Å²) in [6.45, 7) is 9.82.